The third-order valence-electron chi connectivity index (χ3n) is 4.38. The van der Waals surface area contributed by atoms with E-state index in [1.165, 1.54) is 0 Å². The summed E-state index contributed by atoms with van der Waals surface area (Å²) >= 11 is 0. The van der Waals surface area contributed by atoms with Gasteiger partial charge in [0.15, 0.2) is 0 Å². The van der Waals surface area contributed by atoms with Crippen molar-refractivity contribution in [3.63, 3.8) is 0 Å². The van der Waals surface area contributed by atoms with Crippen LogP contribution in [0.15, 0.2) is 0 Å². The van der Waals surface area contributed by atoms with Gasteiger partial charge in [-0.15, -0.1) is 0 Å². The highest BCUT2D eigenvalue weighted by Gasteiger charge is 2.59. The van der Waals surface area contributed by atoms with E-state index in [4.69, 9.17) is 5.73 Å². The molecule has 1 saturated heterocycles. The maximum Gasteiger partial charge on any atom is 0.514 e. The molecule has 0 aromatic carbocycles. The minimum Gasteiger partial charge on any atom is -0.481 e. The molecule has 1 aliphatic heterocycles. The predicted octanol–water partition coefficient (Wildman–Crippen LogP) is 1.10. The number of amides is 1. The van der Waals surface area contributed by atoms with Gasteiger partial charge in [-0.1, -0.05) is 0 Å². The lowest BCUT2D eigenvalue weighted by Crippen LogP contribution is -2.73. The molecule has 6 heteroatoms. The van der Waals surface area contributed by atoms with Gasteiger partial charge < -0.3 is 15.9 Å². The fraction of sp³-hybridized carbons (Fsp3) is 0.833. The predicted molar refractivity (Wildman–Crippen MR) is 66.1 cm³/mol. The fourth-order valence-corrected chi connectivity index (χ4v) is 2.68. The lowest BCUT2D eigenvalue weighted by atomic mass is 9.75. The Hall–Kier alpha value is -1.14. The quantitative estimate of drug-likeness (QED) is 0.612. The number of nitrogens with two attached hydrogens (primary N) is 1. The minimum absolute atomic E-state index is 0.0162. The summed E-state index contributed by atoms with van der Waals surface area (Å²) in [7, 11) is 0. The molecule has 0 saturated carbocycles. The van der Waals surface area contributed by atoms with Gasteiger partial charge in [0.05, 0.1) is 6.54 Å². The zero-order chi connectivity index (χ0) is 14.4. The molecule has 0 bridgehead atoms. The molecule has 0 aromatic heterocycles. The van der Waals surface area contributed by atoms with Crippen LogP contribution in [-0.4, -0.2) is 51.4 Å². The van der Waals surface area contributed by atoms with Crippen molar-refractivity contribution in [2.45, 2.75) is 45.7 Å². The first kappa shape index (κ1) is 14.9. The third kappa shape index (κ3) is 1.99. The molecule has 104 valence electrons. The molecule has 4 N–H and O–H groups in total. The van der Waals surface area contributed by atoms with Crippen LogP contribution in [0.25, 0.3) is 0 Å². The van der Waals surface area contributed by atoms with E-state index in [0.717, 1.165) is 0 Å². The highest BCUT2D eigenvalue weighted by Crippen LogP contribution is 2.39. The van der Waals surface area contributed by atoms with Crippen LogP contribution < -0.4 is 5.73 Å². The van der Waals surface area contributed by atoms with Crippen LogP contribution in [0.3, 0.4) is 0 Å². The highest BCUT2D eigenvalue weighted by atomic mass is 16.4. The van der Waals surface area contributed by atoms with E-state index >= 15 is 0 Å². The Labute approximate surface area is 107 Å². The number of quaternary nitrogens is 1. The Morgan fingerprint density at radius 2 is 1.83 bits per heavy atom. The Morgan fingerprint density at radius 3 is 2.17 bits per heavy atom. The molecule has 3 unspecified atom stereocenters. The van der Waals surface area contributed by atoms with E-state index in [2.05, 4.69) is 0 Å². The Bertz CT molecular complexity index is 377. The standard InChI is InChI=1S/C12H22N2O4/c1-11(2,3)14(10(17)18)6-5-8(13)12(4,7-14)9(15)16/h8H,5-7,13H2,1-4H3,(H-,15,16,17,18)/p+1. The number of likely N-dealkylation sites (tertiary alicyclic amines) is 1. The zero-order valence-electron chi connectivity index (χ0n) is 11.4. The summed E-state index contributed by atoms with van der Waals surface area (Å²) in [5.74, 6) is -1.03. The summed E-state index contributed by atoms with van der Waals surface area (Å²) in [6.45, 7) is 7.38. The first-order valence-corrected chi connectivity index (χ1v) is 6.07. The normalized spacial score (nSPS) is 37.3. The largest absolute Gasteiger partial charge is 0.514 e. The number of carboxylic acid groups (broad SMARTS) is 2. The van der Waals surface area contributed by atoms with E-state index < -0.39 is 29.1 Å². The van der Waals surface area contributed by atoms with Crippen molar-refractivity contribution in [2.75, 3.05) is 13.1 Å². The Balaban J connectivity index is 3.27. The van der Waals surface area contributed by atoms with Crippen LogP contribution >= 0.6 is 0 Å². The average Bonchev–Trinajstić information content (AvgIpc) is 2.19. The first-order chi connectivity index (χ1) is 7.97. The molecule has 0 radical (unpaired) electrons. The van der Waals surface area contributed by atoms with Gasteiger partial charge in [-0.25, -0.2) is 4.48 Å². The number of hydrogen-bond donors (Lipinski definition) is 3. The second-order valence-electron chi connectivity index (χ2n) is 6.42. The van der Waals surface area contributed by atoms with E-state index in [1.807, 2.05) is 20.8 Å². The van der Waals surface area contributed by atoms with Crippen LogP contribution in [0.4, 0.5) is 4.79 Å². The van der Waals surface area contributed by atoms with Crippen molar-refractivity contribution in [2.24, 2.45) is 11.1 Å². The Morgan fingerprint density at radius 1 is 1.33 bits per heavy atom. The third-order valence-corrected chi connectivity index (χ3v) is 4.38. The molecule has 0 aliphatic carbocycles. The molecule has 1 aliphatic rings. The second kappa shape index (κ2) is 4.20. The number of nitrogens with zero attached hydrogens (tertiary/aromatic N) is 1. The SMILES string of the molecule is CC1(C(=O)O)C[N+](C(=O)O)(C(C)(C)C)CCC1N. The van der Waals surface area contributed by atoms with E-state index in [-0.39, 0.29) is 11.0 Å². The van der Waals surface area contributed by atoms with Crippen LogP contribution in [-0.2, 0) is 4.79 Å². The van der Waals surface area contributed by atoms with Gasteiger partial charge in [0, 0.05) is 12.5 Å². The topological polar surface area (TPSA) is 101 Å². The van der Waals surface area contributed by atoms with Gasteiger partial charge in [0.1, 0.15) is 17.5 Å². The highest BCUT2D eigenvalue weighted by molar-refractivity contribution is 5.76. The summed E-state index contributed by atoms with van der Waals surface area (Å²) in [5.41, 5.74) is 4.12. The summed E-state index contributed by atoms with van der Waals surface area (Å²) < 4.78 is -0.260. The molecule has 1 rings (SSSR count). The van der Waals surface area contributed by atoms with Crippen molar-refractivity contribution in [1.82, 2.24) is 0 Å². The summed E-state index contributed by atoms with van der Waals surface area (Å²) in [6.07, 6.45) is -0.589. The van der Waals surface area contributed by atoms with Crippen molar-refractivity contribution >= 4 is 12.1 Å². The van der Waals surface area contributed by atoms with Crippen LogP contribution in [0.1, 0.15) is 34.1 Å². The van der Waals surface area contributed by atoms with Crippen molar-refractivity contribution in [3.05, 3.63) is 0 Å². The zero-order valence-corrected chi connectivity index (χ0v) is 11.4. The maximum absolute atomic E-state index is 11.7. The van der Waals surface area contributed by atoms with Gasteiger partial charge >= 0.3 is 12.1 Å². The van der Waals surface area contributed by atoms with E-state index in [9.17, 15) is 19.8 Å². The van der Waals surface area contributed by atoms with Crippen LogP contribution in [0, 0.1) is 5.41 Å². The Kier molecular flexibility index (Phi) is 3.49. The van der Waals surface area contributed by atoms with Gasteiger partial charge in [-0.2, -0.15) is 4.79 Å². The molecule has 6 nitrogen and oxygen atoms in total. The van der Waals surface area contributed by atoms with Crippen LogP contribution in [0.5, 0.6) is 0 Å². The number of carbonyl (C=O) groups is 2. The van der Waals surface area contributed by atoms with Crippen LogP contribution in [0.2, 0.25) is 0 Å². The average molecular weight is 259 g/mol. The van der Waals surface area contributed by atoms with Crippen molar-refractivity contribution in [3.8, 4) is 0 Å². The van der Waals surface area contributed by atoms with Gasteiger partial charge in [-0.05, 0) is 27.7 Å². The molecule has 0 aromatic rings. The molecular weight excluding hydrogens is 236 g/mol. The number of aliphatic carboxylic acids is 1. The fourth-order valence-electron chi connectivity index (χ4n) is 2.68. The number of hydrogen-bond acceptors (Lipinski definition) is 3. The number of carboxylic acids is 1. The molecular formula is C12H23N2O4+. The summed E-state index contributed by atoms with van der Waals surface area (Å²) in [6, 6.07) is -0.511. The summed E-state index contributed by atoms with van der Waals surface area (Å²) in [5, 5.41) is 18.9. The monoisotopic (exact) mass is 259 g/mol. The molecule has 1 fully saturated rings. The maximum atomic E-state index is 11.7. The minimum atomic E-state index is -1.20. The lowest BCUT2D eigenvalue weighted by Gasteiger charge is -2.51. The smallest absolute Gasteiger partial charge is 0.481 e. The lowest BCUT2D eigenvalue weighted by molar-refractivity contribution is -0.913. The first-order valence-electron chi connectivity index (χ1n) is 6.07. The van der Waals surface area contributed by atoms with Gasteiger partial charge in [0.25, 0.3) is 0 Å². The molecule has 1 amide bonds. The molecule has 18 heavy (non-hydrogen) atoms. The molecule has 0 spiro atoms. The van der Waals surface area contributed by atoms with E-state index in [1.54, 1.807) is 6.92 Å². The number of piperidine rings is 1. The molecule has 3 atom stereocenters. The summed E-state index contributed by atoms with van der Waals surface area (Å²) in [4.78, 5) is 23.1. The number of rotatable bonds is 1. The van der Waals surface area contributed by atoms with Crippen molar-refractivity contribution in [1.29, 1.82) is 0 Å². The molecule has 1 heterocycles. The van der Waals surface area contributed by atoms with Gasteiger partial charge in [0.2, 0.25) is 0 Å². The second-order valence-corrected chi connectivity index (χ2v) is 6.42. The van der Waals surface area contributed by atoms with E-state index in [0.29, 0.717) is 13.0 Å². The van der Waals surface area contributed by atoms with Gasteiger partial charge in [-0.3, -0.25) is 4.79 Å². The van der Waals surface area contributed by atoms with Crippen molar-refractivity contribution < 1.29 is 24.3 Å².